The van der Waals surface area contributed by atoms with Crippen LogP contribution in [0.4, 0.5) is 0 Å². The summed E-state index contributed by atoms with van der Waals surface area (Å²) in [4.78, 5) is 10.2. The predicted molar refractivity (Wildman–Crippen MR) is 73.0 cm³/mol. The number of aromatic nitrogens is 2. The van der Waals surface area contributed by atoms with Crippen LogP contribution in [0.15, 0.2) is 18.3 Å². The molecule has 0 aliphatic carbocycles. The number of hydrogen-bond donors (Lipinski definition) is 2. The highest BCUT2D eigenvalue weighted by Crippen LogP contribution is 2.27. The topological polar surface area (TPSA) is 54.7 Å². The van der Waals surface area contributed by atoms with Crippen LogP contribution in [0.2, 0.25) is 0 Å². The molecular formula is C13H19N3S. The molecule has 0 aliphatic heterocycles. The van der Waals surface area contributed by atoms with Gasteiger partial charge in [-0.2, -0.15) is 0 Å². The maximum atomic E-state index is 6.10. The number of nitrogens with two attached hydrogens (primary N) is 1. The van der Waals surface area contributed by atoms with E-state index in [4.69, 9.17) is 5.73 Å². The summed E-state index contributed by atoms with van der Waals surface area (Å²) in [5, 5.41) is 0. The van der Waals surface area contributed by atoms with Crippen LogP contribution in [0, 0.1) is 12.8 Å². The smallest absolute Gasteiger partial charge is 0.123 e. The summed E-state index contributed by atoms with van der Waals surface area (Å²) in [6.07, 6.45) is 2.83. The molecule has 0 aliphatic rings. The lowest BCUT2D eigenvalue weighted by Crippen LogP contribution is -2.14. The third-order valence-corrected chi connectivity index (χ3v) is 3.71. The van der Waals surface area contributed by atoms with Crippen LogP contribution in [-0.2, 0) is 0 Å². The first kappa shape index (κ1) is 12.3. The average Bonchev–Trinajstić information content (AvgIpc) is 2.84. The van der Waals surface area contributed by atoms with Gasteiger partial charge in [0.2, 0.25) is 0 Å². The van der Waals surface area contributed by atoms with Gasteiger partial charge in [0.25, 0.3) is 0 Å². The Bertz CT molecular complexity index is 484. The van der Waals surface area contributed by atoms with Crippen LogP contribution in [0.5, 0.6) is 0 Å². The van der Waals surface area contributed by atoms with Gasteiger partial charge in [0.05, 0.1) is 22.8 Å². The Balaban J connectivity index is 2.15. The van der Waals surface area contributed by atoms with Gasteiger partial charge in [0.15, 0.2) is 0 Å². The summed E-state index contributed by atoms with van der Waals surface area (Å²) < 4.78 is 0. The van der Waals surface area contributed by atoms with E-state index in [0.717, 1.165) is 17.9 Å². The fourth-order valence-electron chi connectivity index (χ4n) is 1.85. The van der Waals surface area contributed by atoms with Crippen LogP contribution >= 0.6 is 11.3 Å². The first-order valence-electron chi connectivity index (χ1n) is 5.93. The minimum Gasteiger partial charge on any atom is -0.340 e. The molecule has 0 saturated carbocycles. The summed E-state index contributed by atoms with van der Waals surface area (Å²) in [6, 6.07) is 4.24. The van der Waals surface area contributed by atoms with Crippen molar-refractivity contribution < 1.29 is 0 Å². The number of aromatic amines is 1. The van der Waals surface area contributed by atoms with Crippen molar-refractivity contribution in [2.24, 2.45) is 11.7 Å². The van der Waals surface area contributed by atoms with Gasteiger partial charge in [-0.25, -0.2) is 4.98 Å². The molecule has 0 bridgehead atoms. The number of imidazole rings is 1. The Labute approximate surface area is 106 Å². The van der Waals surface area contributed by atoms with Crippen LogP contribution in [0.3, 0.4) is 0 Å². The van der Waals surface area contributed by atoms with E-state index in [1.807, 2.05) is 6.20 Å². The molecule has 3 nitrogen and oxygen atoms in total. The summed E-state index contributed by atoms with van der Waals surface area (Å²) >= 11 is 1.77. The maximum absolute atomic E-state index is 6.10. The zero-order valence-electron chi connectivity index (χ0n) is 10.5. The molecule has 0 aromatic carbocycles. The van der Waals surface area contributed by atoms with Gasteiger partial charge in [-0.1, -0.05) is 13.8 Å². The molecule has 4 heteroatoms. The average molecular weight is 249 g/mol. The van der Waals surface area contributed by atoms with E-state index in [1.54, 1.807) is 11.3 Å². The molecule has 92 valence electrons. The number of thiophene rings is 1. The summed E-state index contributed by atoms with van der Waals surface area (Å²) in [7, 11) is 0. The molecular weight excluding hydrogens is 230 g/mol. The highest BCUT2D eigenvalue weighted by Gasteiger charge is 2.13. The summed E-state index contributed by atoms with van der Waals surface area (Å²) in [5.74, 6) is 1.47. The fourth-order valence-corrected chi connectivity index (χ4v) is 2.68. The Morgan fingerprint density at radius 2 is 2.18 bits per heavy atom. The Hall–Kier alpha value is -1.13. The number of aryl methyl sites for hydroxylation is 1. The van der Waals surface area contributed by atoms with Crippen LogP contribution in [0.25, 0.3) is 10.6 Å². The highest BCUT2D eigenvalue weighted by molar-refractivity contribution is 7.15. The van der Waals surface area contributed by atoms with Crippen molar-refractivity contribution in [2.45, 2.75) is 33.2 Å². The van der Waals surface area contributed by atoms with Crippen LogP contribution in [0.1, 0.15) is 37.0 Å². The maximum Gasteiger partial charge on any atom is 0.123 e. The second kappa shape index (κ2) is 5.02. The quantitative estimate of drug-likeness (QED) is 0.871. The second-order valence-corrected chi connectivity index (χ2v) is 6.12. The number of nitrogens with zero attached hydrogens (tertiary/aromatic N) is 1. The number of hydrogen-bond acceptors (Lipinski definition) is 3. The fraction of sp³-hybridized carbons (Fsp3) is 0.462. The molecule has 0 radical (unpaired) electrons. The van der Waals surface area contributed by atoms with E-state index in [2.05, 4.69) is 42.9 Å². The molecule has 2 heterocycles. The molecule has 2 aromatic rings. The van der Waals surface area contributed by atoms with Gasteiger partial charge in [0, 0.05) is 4.88 Å². The Kier molecular flexibility index (Phi) is 3.64. The molecule has 0 spiro atoms. The van der Waals surface area contributed by atoms with Crippen molar-refractivity contribution in [3.63, 3.8) is 0 Å². The lowest BCUT2D eigenvalue weighted by atomic mass is 10.0. The third-order valence-electron chi connectivity index (χ3n) is 2.68. The Morgan fingerprint density at radius 3 is 2.76 bits per heavy atom. The van der Waals surface area contributed by atoms with E-state index in [1.165, 1.54) is 9.75 Å². The Morgan fingerprint density at radius 1 is 1.41 bits per heavy atom. The molecule has 17 heavy (non-hydrogen) atoms. The first-order chi connectivity index (χ1) is 8.06. The normalized spacial score (nSPS) is 13.2. The molecule has 0 saturated heterocycles. The number of rotatable bonds is 4. The van der Waals surface area contributed by atoms with Crippen molar-refractivity contribution >= 4 is 11.3 Å². The number of nitrogens with one attached hydrogen (secondary N) is 1. The van der Waals surface area contributed by atoms with Crippen molar-refractivity contribution in [2.75, 3.05) is 0 Å². The predicted octanol–water partition coefficient (Wildman–Crippen LogP) is 3.49. The van der Waals surface area contributed by atoms with Crippen molar-refractivity contribution in [1.29, 1.82) is 0 Å². The van der Waals surface area contributed by atoms with Crippen LogP contribution in [-0.4, -0.2) is 9.97 Å². The van der Waals surface area contributed by atoms with Gasteiger partial charge < -0.3 is 10.7 Å². The molecule has 3 N–H and O–H groups in total. The number of H-pyrrole nitrogens is 1. The van der Waals surface area contributed by atoms with E-state index in [-0.39, 0.29) is 6.04 Å². The lowest BCUT2D eigenvalue weighted by molar-refractivity contribution is 0.496. The third kappa shape index (κ3) is 2.96. The van der Waals surface area contributed by atoms with Gasteiger partial charge in [-0.15, -0.1) is 11.3 Å². The molecule has 0 amide bonds. The molecule has 2 aromatic heterocycles. The van der Waals surface area contributed by atoms with Crippen LogP contribution < -0.4 is 5.73 Å². The van der Waals surface area contributed by atoms with Gasteiger partial charge >= 0.3 is 0 Å². The minimum absolute atomic E-state index is 0.00445. The van der Waals surface area contributed by atoms with E-state index in [9.17, 15) is 0 Å². The molecule has 1 atom stereocenters. The SMILES string of the molecule is Cc1ccc(-c2cnc(C(N)CC(C)C)[nH]2)s1. The second-order valence-electron chi connectivity index (χ2n) is 4.83. The van der Waals surface area contributed by atoms with Crippen molar-refractivity contribution in [3.8, 4) is 10.6 Å². The standard InChI is InChI=1S/C13H19N3S/c1-8(2)6-10(14)13-15-7-11(16-13)12-5-4-9(3)17-12/h4-5,7-8,10H,6,14H2,1-3H3,(H,15,16). The zero-order valence-corrected chi connectivity index (χ0v) is 11.3. The minimum atomic E-state index is 0.00445. The summed E-state index contributed by atoms with van der Waals surface area (Å²) in [6.45, 7) is 6.45. The first-order valence-corrected chi connectivity index (χ1v) is 6.75. The monoisotopic (exact) mass is 249 g/mol. The van der Waals surface area contributed by atoms with Crippen molar-refractivity contribution in [1.82, 2.24) is 9.97 Å². The van der Waals surface area contributed by atoms with Gasteiger partial charge in [-0.05, 0) is 31.4 Å². The molecule has 2 rings (SSSR count). The largest absolute Gasteiger partial charge is 0.340 e. The molecule has 1 unspecified atom stereocenters. The van der Waals surface area contributed by atoms with Gasteiger partial charge in [-0.3, -0.25) is 0 Å². The zero-order chi connectivity index (χ0) is 12.4. The van der Waals surface area contributed by atoms with E-state index < -0.39 is 0 Å². The lowest BCUT2D eigenvalue weighted by Gasteiger charge is -2.10. The molecule has 0 fully saturated rings. The van der Waals surface area contributed by atoms with Gasteiger partial charge in [0.1, 0.15) is 5.82 Å². The highest BCUT2D eigenvalue weighted by atomic mass is 32.1. The van der Waals surface area contributed by atoms with E-state index >= 15 is 0 Å². The summed E-state index contributed by atoms with van der Waals surface area (Å²) in [5.41, 5.74) is 7.17. The van der Waals surface area contributed by atoms with Crippen molar-refractivity contribution in [3.05, 3.63) is 29.0 Å². The van der Waals surface area contributed by atoms with E-state index in [0.29, 0.717) is 5.92 Å².